The van der Waals surface area contributed by atoms with Crippen molar-refractivity contribution in [2.24, 2.45) is 0 Å². The van der Waals surface area contributed by atoms with E-state index in [0.29, 0.717) is 16.1 Å². The maximum Gasteiger partial charge on any atom is 0.339 e. The zero-order valence-electron chi connectivity index (χ0n) is 19.4. The van der Waals surface area contributed by atoms with Crippen LogP contribution in [0.5, 0.6) is 11.5 Å². The molecule has 0 N–H and O–H groups in total. The zero-order valence-corrected chi connectivity index (χ0v) is 20.1. The van der Waals surface area contributed by atoms with Crippen molar-refractivity contribution in [3.63, 3.8) is 0 Å². The minimum atomic E-state index is -1.24. The smallest absolute Gasteiger partial charge is 0.339 e. The maximum absolute atomic E-state index is 13.2. The number of Topliss-reactive ketones (excluding diaryl/α,β-unsaturated/α-hetero) is 1. The van der Waals surface area contributed by atoms with E-state index in [-0.39, 0.29) is 17.1 Å². The summed E-state index contributed by atoms with van der Waals surface area (Å²) in [5, 5.41) is 22.7. The Bertz CT molecular complexity index is 1510. The van der Waals surface area contributed by atoms with Gasteiger partial charge in [-0.2, -0.15) is 0 Å². The Hall–Kier alpha value is -5.09. The lowest BCUT2D eigenvalue weighted by Crippen LogP contribution is -2.20. The molecule has 0 amide bonds. The van der Waals surface area contributed by atoms with Crippen molar-refractivity contribution in [2.75, 3.05) is 0 Å². The van der Waals surface area contributed by atoms with Gasteiger partial charge in [0.1, 0.15) is 5.75 Å². The monoisotopic (exact) mass is 532 g/mol. The van der Waals surface area contributed by atoms with Crippen LogP contribution in [0.2, 0.25) is 5.02 Å². The number of benzene rings is 4. The fraction of sp³-hybridized carbons (Fsp3) is 0.0370. The molecule has 0 saturated carbocycles. The molecule has 0 saturated heterocycles. The van der Waals surface area contributed by atoms with Crippen LogP contribution < -0.4 is 4.74 Å². The van der Waals surface area contributed by atoms with Crippen LogP contribution in [0, 0.1) is 20.2 Å². The van der Waals surface area contributed by atoms with Gasteiger partial charge in [0, 0.05) is 22.2 Å². The van der Waals surface area contributed by atoms with Crippen LogP contribution in [0.4, 0.5) is 11.4 Å². The molecular weight excluding hydrogens is 516 g/mol. The van der Waals surface area contributed by atoms with E-state index >= 15 is 0 Å². The summed E-state index contributed by atoms with van der Waals surface area (Å²) in [4.78, 5) is 46.8. The standard InChI is InChI=1S/C27H17ClN2O8/c28-20-10-6-18(7-11-20)26(25(31)17-4-2-1-3-5-17)38-27(32)19-8-13-22(14-9-19)37-24-15-12-21(29(33)34)16-23(24)30(35)36/h1-16,26H/t26-/m1/s1. The number of carbonyl (C=O) groups excluding carboxylic acids is 2. The van der Waals surface area contributed by atoms with Crippen LogP contribution in [-0.2, 0) is 4.74 Å². The van der Waals surface area contributed by atoms with Crippen LogP contribution in [0.15, 0.2) is 97.1 Å². The van der Waals surface area contributed by atoms with Gasteiger partial charge >= 0.3 is 11.7 Å². The molecule has 4 aromatic carbocycles. The summed E-state index contributed by atoms with van der Waals surface area (Å²) < 4.78 is 11.1. The van der Waals surface area contributed by atoms with E-state index in [4.69, 9.17) is 21.1 Å². The molecular formula is C27H17ClN2O8. The molecule has 0 aliphatic rings. The Labute approximate surface area is 220 Å². The Balaban J connectivity index is 1.55. The second-order valence-electron chi connectivity index (χ2n) is 7.86. The average molecular weight is 533 g/mol. The first-order valence-corrected chi connectivity index (χ1v) is 11.4. The van der Waals surface area contributed by atoms with E-state index in [0.717, 1.165) is 18.2 Å². The molecule has 190 valence electrons. The van der Waals surface area contributed by atoms with Gasteiger partial charge < -0.3 is 9.47 Å². The Morgan fingerprint density at radius 3 is 2.03 bits per heavy atom. The predicted octanol–water partition coefficient (Wildman–Crippen LogP) is 6.73. The first-order chi connectivity index (χ1) is 18.2. The second kappa shape index (κ2) is 11.3. The highest BCUT2D eigenvalue weighted by Gasteiger charge is 2.27. The molecule has 0 unspecified atom stereocenters. The number of esters is 1. The first-order valence-electron chi connectivity index (χ1n) is 11.0. The molecule has 10 nitrogen and oxygen atoms in total. The highest BCUT2D eigenvalue weighted by atomic mass is 35.5. The molecule has 0 heterocycles. The summed E-state index contributed by atoms with van der Waals surface area (Å²) >= 11 is 5.96. The summed E-state index contributed by atoms with van der Waals surface area (Å²) in [5.41, 5.74) is -0.165. The largest absolute Gasteiger partial charge is 0.450 e. The third-order valence-electron chi connectivity index (χ3n) is 5.36. The molecule has 0 fully saturated rings. The number of non-ortho nitro benzene ring substituents is 1. The summed E-state index contributed by atoms with van der Waals surface area (Å²) in [5.74, 6) is -1.30. The van der Waals surface area contributed by atoms with Crippen molar-refractivity contribution >= 4 is 34.7 Å². The number of nitro groups is 2. The summed E-state index contributed by atoms with van der Waals surface area (Å²) in [7, 11) is 0. The lowest BCUT2D eigenvalue weighted by atomic mass is 9.99. The molecule has 0 radical (unpaired) electrons. The topological polar surface area (TPSA) is 139 Å². The van der Waals surface area contributed by atoms with Crippen LogP contribution in [0.1, 0.15) is 32.4 Å². The third-order valence-corrected chi connectivity index (χ3v) is 5.61. The molecule has 11 heteroatoms. The summed E-state index contributed by atoms with van der Waals surface area (Å²) in [6, 6.07) is 23.2. The number of carbonyl (C=O) groups is 2. The highest BCUT2D eigenvalue weighted by Crippen LogP contribution is 2.34. The van der Waals surface area contributed by atoms with Crippen molar-refractivity contribution < 1.29 is 28.9 Å². The number of hydrogen-bond acceptors (Lipinski definition) is 8. The van der Waals surface area contributed by atoms with Crippen LogP contribution in [-0.4, -0.2) is 21.6 Å². The summed E-state index contributed by atoms with van der Waals surface area (Å²) in [6.07, 6.45) is -1.24. The minimum Gasteiger partial charge on any atom is -0.450 e. The van der Waals surface area contributed by atoms with Crippen molar-refractivity contribution in [1.29, 1.82) is 0 Å². The summed E-state index contributed by atoms with van der Waals surface area (Å²) in [6.45, 7) is 0. The number of nitrogens with zero attached hydrogens (tertiary/aromatic N) is 2. The fourth-order valence-electron chi connectivity index (χ4n) is 3.47. The predicted molar refractivity (Wildman–Crippen MR) is 137 cm³/mol. The van der Waals surface area contributed by atoms with Gasteiger partial charge in [0.05, 0.1) is 21.5 Å². The molecule has 0 aliphatic heterocycles. The van der Waals surface area contributed by atoms with Crippen molar-refractivity contribution in [1.82, 2.24) is 0 Å². The van der Waals surface area contributed by atoms with Crippen LogP contribution in [0.3, 0.4) is 0 Å². The number of rotatable bonds is 9. The van der Waals surface area contributed by atoms with Gasteiger partial charge in [-0.15, -0.1) is 0 Å². The number of halogens is 1. The van der Waals surface area contributed by atoms with Gasteiger partial charge in [0.25, 0.3) is 5.69 Å². The third kappa shape index (κ3) is 6.00. The lowest BCUT2D eigenvalue weighted by Gasteiger charge is -2.18. The maximum atomic E-state index is 13.2. The lowest BCUT2D eigenvalue weighted by molar-refractivity contribution is -0.394. The Kier molecular flexibility index (Phi) is 7.74. The highest BCUT2D eigenvalue weighted by molar-refractivity contribution is 6.30. The van der Waals surface area contributed by atoms with Gasteiger partial charge in [0.15, 0.2) is 6.10 Å². The normalized spacial score (nSPS) is 11.3. The van der Waals surface area contributed by atoms with Gasteiger partial charge in [-0.3, -0.25) is 25.0 Å². The Morgan fingerprint density at radius 2 is 1.42 bits per heavy atom. The van der Waals surface area contributed by atoms with Gasteiger partial charge in [0.2, 0.25) is 11.5 Å². The Morgan fingerprint density at radius 1 is 0.763 bits per heavy atom. The van der Waals surface area contributed by atoms with Crippen molar-refractivity contribution in [3.8, 4) is 11.5 Å². The van der Waals surface area contributed by atoms with E-state index in [1.165, 1.54) is 24.3 Å². The number of ketones is 1. The van der Waals surface area contributed by atoms with E-state index in [2.05, 4.69) is 0 Å². The van der Waals surface area contributed by atoms with E-state index in [1.807, 2.05) is 0 Å². The van der Waals surface area contributed by atoms with Crippen molar-refractivity contribution in [2.45, 2.75) is 6.10 Å². The SMILES string of the molecule is O=C(O[C@@H](C(=O)c1ccccc1)c1ccc(Cl)cc1)c1ccc(Oc2ccc([N+](=O)[O-])cc2[N+](=O)[O-])cc1. The molecule has 4 rings (SSSR count). The first kappa shape index (κ1) is 26.0. The fourth-order valence-corrected chi connectivity index (χ4v) is 3.60. The van der Waals surface area contributed by atoms with Gasteiger partial charge in [-0.05, 0) is 42.5 Å². The van der Waals surface area contributed by atoms with Crippen LogP contribution >= 0.6 is 11.6 Å². The quantitative estimate of drug-likeness (QED) is 0.1000. The van der Waals surface area contributed by atoms with E-state index in [1.54, 1.807) is 54.6 Å². The number of nitro benzene ring substituents is 2. The number of hydrogen-bond donors (Lipinski definition) is 0. The average Bonchev–Trinajstić information content (AvgIpc) is 2.92. The van der Waals surface area contributed by atoms with Gasteiger partial charge in [-0.25, -0.2) is 4.79 Å². The molecule has 0 aliphatic carbocycles. The molecule has 4 aromatic rings. The molecule has 38 heavy (non-hydrogen) atoms. The van der Waals surface area contributed by atoms with Crippen LogP contribution in [0.25, 0.3) is 0 Å². The van der Waals surface area contributed by atoms with Crippen molar-refractivity contribution in [3.05, 3.63) is 139 Å². The minimum absolute atomic E-state index is 0.0929. The molecule has 0 bridgehead atoms. The second-order valence-corrected chi connectivity index (χ2v) is 8.30. The number of ether oxygens (including phenoxy) is 2. The molecule has 1 atom stereocenters. The van der Waals surface area contributed by atoms with Gasteiger partial charge in [-0.1, -0.05) is 54.1 Å². The molecule has 0 aromatic heterocycles. The molecule has 0 spiro atoms. The zero-order chi connectivity index (χ0) is 27.2. The van der Waals surface area contributed by atoms with E-state index in [9.17, 15) is 29.8 Å². The van der Waals surface area contributed by atoms with E-state index < -0.39 is 39.1 Å².